The minimum Gasteiger partial charge on any atom is -0.507 e. The standard InChI is InChI=1S/C7H6O3.C4H5NO2/c8-6-4-2-1-3-5(6)7(9)10;6-3-1-2-4(7)5-3/h1-4,8H,(H,9,10);1-2H2,(H,5,6,7). The van der Waals surface area contributed by atoms with Crippen molar-refractivity contribution in [2.24, 2.45) is 0 Å². The summed E-state index contributed by atoms with van der Waals surface area (Å²) in [6.07, 6.45) is 0.748. The highest BCUT2D eigenvalue weighted by Gasteiger charge is 2.15. The molecule has 1 aliphatic rings. The van der Waals surface area contributed by atoms with Crippen LogP contribution in [0.25, 0.3) is 0 Å². The Balaban J connectivity index is 0.000000181. The molecule has 1 fully saturated rings. The van der Waals surface area contributed by atoms with E-state index in [0.29, 0.717) is 12.8 Å². The molecule has 0 bridgehead atoms. The summed E-state index contributed by atoms with van der Waals surface area (Å²) in [7, 11) is 0. The Bertz CT molecular complexity index is 441. The number of carbonyl (C=O) groups excluding carboxylic acids is 2. The number of phenols is 1. The van der Waals surface area contributed by atoms with Crippen LogP contribution >= 0.6 is 0 Å². The van der Waals surface area contributed by atoms with Crippen molar-refractivity contribution in [3.8, 4) is 5.75 Å². The summed E-state index contributed by atoms with van der Waals surface area (Å²) in [6.45, 7) is 0. The second-order valence-corrected chi connectivity index (χ2v) is 3.29. The van der Waals surface area contributed by atoms with Crippen LogP contribution in [0.5, 0.6) is 5.75 Å². The number of amides is 2. The van der Waals surface area contributed by atoms with Gasteiger partial charge < -0.3 is 10.2 Å². The fourth-order valence-electron chi connectivity index (χ4n) is 1.16. The van der Waals surface area contributed by atoms with Crippen molar-refractivity contribution in [1.82, 2.24) is 5.32 Å². The summed E-state index contributed by atoms with van der Waals surface area (Å²) in [5, 5.41) is 19.4. The predicted octanol–water partition coefficient (Wildman–Crippen LogP) is 0.513. The summed E-state index contributed by atoms with van der Waals surface area (Å²) in [6, 6.07) is 5.81. The lowest BCUT2D eigenvalue weighted by Gasteiger charge is -1.95. The van der Waals surface area contributed by atoms with Gasteiger partial charge in [-0.1, -0.05) is 12.1 Å². The second kappa shape index (κ2) is 5.64. The number of carboxylic acids is 1. The molecule has 0 unspecified atom stereocenters. The molecule has 0 saturated carbocycles. The summed E-state index contributed by atoms with van der Waals surface area (Å²) in [5.74, 6) is -1.61. The number of aromatic carboxylic acids is 1. The monoisotopic (exact) mass is 237 g/mol. The normalized spacial score (nSPS) is 13.6. The minimum absolute atomic E-state index is 0.0671. The molecule has 1 aromatic rings. The first-order chi connectivity index (χ1) is 8.00. The molecule has 2 rings (SSSR count). The quantitative estimate of drug-likeness (QED) is 0.617. The molecule has 3 N–H and O–H groups in total. The Morgan fingerprint density at radius 2 is 1.65 bits per heavy atom. The van der Waals surface area contributed by atoms with Crippen molar-refractivity contribution < 1.29 is 24.6 Å². The van der Waals surface area contributed by atoms with E-state index >= 15 is 0 Å². The van der Waals surface area contributed by atoms with Gasteiger partial charge in [0.25, 0.3) is 0 Å². The van der Waals surface area contributed by atoms with Gasteiger partial charge in [0, 0.05) is 12.8 Å². The highest BCUT2D eigenvalue weighted by Crippen LogP contribution is 2.14. The number of hydrogen-bond acceptors (Lipinski definition) is 4. The second-order valence-electron chi connectivity index (χ2n) is 3.29. The van der Waals surface area contributed by atoms with E-state index in [1.807, 2.05) is 0 Å². The molecular weight excluding hydrogens is 226 g/mol. The first-order valence-corrected chi connectivity index (χ1v) is 4.84. The van der Waals surface area contributed by atoms with Gasteiger partial charge in [0.15, 0.2) is 0 Å². The van der Waals surface area contributed by atoms with Crippen LogP contribution in [-0.2, 0) is 9.59 Å². The summed E-state index contributed by atoms with van der Waals surface area (Å²) < 4.78 is 0. The summed E-state index contributed by atoms with van der Waals surface area (Å²) >= 11 is 0. The third-order valence-electron chi connectivity index (χ3n) is 1.99. The lowest BCUT2D eigenvalue weighted by Crippen LogP contribution is -2.18. The summed E-state index contributed by atoms with van der Waals surface area (Å²) in [5.41, 5.74) is -0.0671. The van der Waals surface area contributed by atoms with Gasteiger partial charge in [-0.05, 0) is 12.1 Å². The Morgan fingerprint density at radius 3 is 1.94 bits per heavy atom. The number of carbonyl (C=O) groups is 3. The number of nitrogens with one attached hydrogen (secondary N) is 1. The maximum absolute atomic E-state index is 10.3. The number of benzene rings is 1. The number of carboxylic acid groups (broad SMARTS) is 1. The van der Waals surface area contributed by atoms with Crippen LogP contribution < -0.4 is 5.32 Å². The highest BCUT2D eigenvalue weighted by atomic mass is 16.4. The van der Waals surface area contributed by atoms with Crippen molar-refractivity contribution in [1.29, 1.82) is 0 Å². The van der Waals surface area contributed by atoms with Crippen molar-refractivity contribution in [3.63, 3.8) is 0 Å². The Morgan fingerprint density at radius 1 is 1.12 bits per heavy atom. The van der Waals surface area contributed by atoms with Gasteiger partial charge in [-0.15, -0.1) is 0 Å². The SMILES string of the molecule is O=C(O)c1ccccc1O.O=C1CCC(=O)N1. The topological polar surface area (TPSA) is 104 Å². The third-order valence-corrected chi connectivity index (χ3v) is 1.99. The zero-order valence-corrected chi connectivity index (χ0v) is 8.84. The van der Waals surface area contributed by atoms with E-state index < -0.39 is 5.97 Å². The van der Waals surface area contributed by atoms with Crippen LogP contribution in [0, 0.1) is 0 Å². The maximum Gasteiger partial charge on any atom is 0.339 e. The van der Waals surface area contributed by atoms with Gasteiger partial charge >= 0.3 is 5.97 Å². The number of imide groups is 1. The third kappa shape index (κ3) is 3.94. The zero-order valence-electron chi connectivity index (χ0n) is 8.84. The first-order valence-electron chi connectivity index (χ1n) is 4.84. The zero-order chi connectivity index (χ0) is 12.8. The van der Waals surface area contributed by atoms with Gasteiger partial charge in [-0.25, -0.2) is 4.79 Å². The molecule has 0 radical (unpaired) electrons. The lowest BCUT2D eigenvalue weighted by atomic mass is 10.2. The fraction of sp³-hybridized carbons (Fsp3) is 0.182. The molecule has 6 heteroatoms. The van der Waals surface area contributed by atoms with E-state index in [9.17, 15) is 14.4 Å². The molecular formula is C11H11NO5. The van der Waals surface area contributed by atoms with E-state index in [-0.39, 0.29) is 23.1 Å². The first kappa shape index (κ1) is 12.7. The Labute approximate surface area is 96.9 Å². The molecule has 1 aromatic carbocycles. The van der Waals surface area contributed by atoms with Crippen molar-refractivity contribution in [2.45, 2.75) is 12.8 Å². The molecule has 0 aromatic heterocycles. The molecule has 1 aliphatic heterocycles. The predicted molar refractivity (Wildman–Crippen MR) is 57.4 cm³/mol. The molecule has 90 valence electrons. The molecule has 1 heterocycles. The van der Waals surface area contributed by atoms with Crippen LogP contribution in [0.1, 0.15) is 23.2 Å². The smallest absolute Gasteiger partial charge is 0.339 e. The van der Waals surface area contributed by atoms with E-state index in [0.717, 1.165) is 0 Å². The van der Waals surface area contributed by atoms with E-state index in [4.69, 9.17) is 10.2 Å². The van der Waals surface area contributed by atoms with E-state index in [1.165, 1.54) is 12.1 Å². The maximum atomic E-state index is 10.3. The van der Waals surface area contributed by atoms with Crippen LogP contribution in [0.2, 0.25) is 0 Å². The van der Waals surface area contributed by atoms with Crippen LogP contribution in [-0.4, -0.2) is 28.0 Å². The molecule has 2 amide bonds. The van der Waals surface area contributed by atoms with Gasteiger partial charge in [-0.2, -0.15) is 0 Å². The van der Waals surface area contributed by atoms with Crippen molar-refractivity contribution in [3.05, 3.63) is 29.8 Å². The molecule has 0 aliphatic carbocycles. The highest BCUT2D eigenvalue weighted by molar-refractivity contribution is 6.01. The van der Waals surface area contributed by atoms with Crippen LogP contribution in [0.15, 0.2) is 24.3 Å². The average Bonchev–Trinajstić information content (AvgIpc) is 2.63. The molecule has 0 spiro atoms. The summed E-state index contributed by atoms with van der Waals surface area (Å²) in [4.78, 5) is 30.5. The molecule has 6 nitrogen and oxygen atoms in total. The molecule has 1 saturated heterocycles. The largest absolute Gasteiger partial charge is 0.507 e. The number of aromatic hydroxyl groups is 1. The van der Waals surface area contributed by atoms with Gasteiger partial charge in [0.1, 0.15) is 11.3 Å². The average molecular weight is 237 g/mol. The molecule has 17 heavy (non-hydrogen) atoms. The van der Waals surface area contributed by atoms with Gasteiger partial charge in [-0.3, -0.25) is 14.9 Å². The van der Waals surface area contributed by atoms with Gasteiger partial charge in [0.05, 0.1) is 0 Å². The van der Waals surface area contributed by atoms with Crippen molar-refractivity contribution >= 4 is 17.8 Å². The van der Waals surface area contributed by atoms with Crippen LogP contribution in [0.3, 0.4) is 0 Å². The Hall–Kier alpha value is -2.37. The van der Waals surface area contributed by atoms with Crippen molar-refractivity contribution in [2.75, 3.05) is 0 Å². The number of rotatable bonds is 1. The lowest BCUT2D eigenvalue weighted by molar-refractivity contribution is -0.124. The minimum atomic E-state index is -1.11. The van der Waals surface area contributed by atoms with Gasteiger partial charge in [0.2, 0.25) is 11.8 Å². The number of para-hydroxylation sites is 1. The number of hydrogen-bond donors (Lipinski definition) is 3. The van der Waals surface area contributed by atoms with Crippen LogP contribution in [0.4, 0.5) is 0 Å². The van der Waals surface area contributed by atoms with E-state index in [2.05, 4.69) is 5.32 Å². The molecule has 0 atom stereocenters. The fourth-order valence-corrected chi connectivity index (χ4v) is 1.16. The Kier molecular flexibility index (Phi) is 4.21. The van der Waals surface area contributed by atoms with E-state index in [1.54, 1.807) is 12.1 Å².